The molecule has 130 valence electrons. The van der Waals surface area contributed by atoms with Gasteiger partial charge in [0.25, 0.3) is 0 Å². The van der Waals surface area contributed by atoms with Crippen molar-refractivity contribution in [2.45, 2.75) is 0 Å². The van der Waals surface area contributed by atoms with E-state index in [0.717, 1.165) is 5.69 Å². The van der Waals surface area contributed by atoms with Gasteiger partial charge in [0.1, 0.15) is 4.60 Å². The standard InChI is InChI=1S/C13H21BrN4O5/c14-12-9-11(10-17-18-12)15-1-3-21-5-7-23-8-6-22-4-2-16-13(19)20/h9-10,16H,1-8H2,(H,15,18)(H,19,20). The molecule has 0 fully saturated rings. The van der Waals surface area contributed by atoms with E-state index in [1.54, 1.807) is 6.20 Å². The van der Waals surface area contributed by atoms with Crippen LogP contribution >= 0.6 is 15.9 Å². The molecule has 1 amide bonds. The summed E-state index contributed by atoms with van der Waals surface area (Å²) in [6.45, 7) is 3.68. The van der Waals surface area contributed by atoms with E-state index in [-0.39, 0.29) is 6.54 Å². The maximum Gasteiger partial charge on any atom is 0.404 e. The van der Waals surface area contributed by atoms with Gasteiger partial charge >= 0.3 is 6.09 Å². The molecule has 1 aromatic rings. The summed E-state index contributed by atoms with van der Waals surface area (Å²) in [7, 11) is 0. The Hall–Kier alpha value is -1.49. The minimum atomic E-state index is -1.05. The molecular weight excluding hydrogens is 372 g/mol. The number of rotatable bonds is 13. The summed E-state index contributed by atoms with van der Waals surface area (Å²) in [5.74, 6) is 0. The fraction of sp³-hybridized carbons (Fsp3) is 0.615. The lowest BCUT2D eigenvalue weighted by Crippen LogP contribution is -2.25. The van der Waals surface area contributed by atoms with Gasteiger partial charge in [-0.05, 0) is 22.0 Å². The largest absolute Gasteiger partial charge is 0.465 e. The van der Waals surface area contributed by atoms with E-state index in [0.29, 0.717) is 50.8 Å². The third-order valence-corrected chi connectivity index (χ3v) is 2.85. The van der Waals surface area contributed by atoms with Gasteiger partial charge in [0.05, 0.1) is 51.5 Å². The van der Waals surface area contributed by atoms with Gasteiger partial charge in [-0.1, -0.05) is 0 Å². The van der Waals surface area contributed by atoms with Gasteiger partial charge in [0.2, 0.25) is 0 Å². The molecule has 0 radical (unpaired) electrons. The van der Waals surface area contributed by atoms with Crippen LogP contribution in [0, 0.1) is 0 Å². The fourth-order valence-electron chi connectivity index (χ4n) is 1.48. The predicted octanol–water partition coefficient (Wildman–Crippen LogP) is 0.968. The van der Waals surface area contributed by atoms with Gasteiger partial charge in [-0.25, -0.2) is 4.79 Å². The molecule has 0 bridgehead atoms. The van der Waals surface area contributed by atoms with Crippen molar-refractivity contribution in [2.75, 3.05) is 58.0 Å². The van der Waals surface area contributed by atoms with Crippen LogP contribution in [0.2, 0.25) is 0 Å². The smallest absolute Gasteiger partial charge is 0.404 e. The topological polar surface area (TPSA) is 115 Å². The van der Waals surface area contributed by atoms with E-state index >= 15 is 0 Å². The predicted molar refractivity (Wildman–Crippen MR) is 86.7 cm³/mol. The molecule has 0 aliphatic heterocycles. The average Bonchev–Trinajstić information content (AvgIpc) is 2.51. The summed E-state index contributed by atoms with van der Waals surface area (Å²) >= 11 is 3.24. The van der Waals surface area contributed by atoms with Crippen LogP contribution < -0.4 is 10.6 Å². The lowest BCUT2D eigenvalue weighted by atomic mass is 10.4. The highest BCUT2D eigenvalue weighted by atomic mass is 79.9. The molecule has 10 heteroatoms. The normalized spacial score (nSPS) is 10.5. The molecule has 9 nitrogen and oxygen atoms in total. The van der Waals surface area contributed by atoms with Gasteiger partial charge < -0.3 is 30.0 Å². The van der Waals surface area contributed by atoms with E-state index in [4.69, 9.17) is 19.3 Å². The third kappa shape index (κ3) is 11.7. The Bertz CT molecular complexity index is 452. The first kappa shape index (κ1) is 19.6. The highest BCUT2D eigenvalue weighted by molar-refractivity contribution is 9.10. The van der Waals surface area contributed by atoms with Crippen LogP contribution in [0.5, 0.6) is 0 Å². The van der Waals surface area contributed by atoms with Crippen molar-refractivity contribution in [1.82, 2.24) is 15.5 Å². The van der Waals surface area contributed by atoms with Crippen molar-refractivity contribution < 1.29 is 24.1 Å². The fourth-order valence-corrected chi connectivity index (χ4v) is 1.82. The van der Waals surface area contributed by atoms with E-state index in [1.807, 2.05) is 6.07 Å². The van der Waals surface area contributed by atoms with Crippen LogP contribution in [0.15, 0.2) is 16.9 Å². The number of halogens is 1. The molecule has 1 rings (SSSR count). The summed E-state index contributed by atoms with van der Waals surface area (Å²) in [5.41, 5.74) is 0.876. The summed E-state index contributed by atoms with van der Waals surface area (Å²) in [6.07, 6.45) is 0.587. The molecule has 1 heterocycles. The van der Waals surface area contributed by atoms with Crippen LogP contribution in [-0.4, -0.2) is 74.1 Å². The van der Waals surface area contributed by atoms with Crippen LogP contribution in [0.3, 0.4) is 0 Å². The van der Waals surface area contributed by atoms with Crippen molar-refractivity contribution >= 4 is 27.7 Å². The molecule has 0 atom stereocenters. The molecule has 0 spiro atoms. The summed E-state index contributed by atoms with van der Waals surface area (Å²) in [4.78, 5) is 10.2. The van der Waals surface area contributed by atoms with E-state index < -0.39 is 6.09 Å². The number of nitrogens with zero attached hydrogens (tertiary/aromatic N) is 2. The van der Waals surface area contributed by atoms with Gasteiger partial charge in [-0.2, -0.15) is 5.10 Å². The summed E-state index contributed by atoms with van der Waals surface area (Å²) < 4.78 is 16.6. The monoisotopic (exact) mass is 392 g/mol. The molecule has 0 unspecified atom stereocenters. The summed E-state index contributed by atoms with van der Waals surface area (Å²) in [5, 5.41) is 21.3. The number of ether oxygens (including phenoxy) is 3. The zero-order chi connectivity index (χ0) is 16.8. The van der Waals surface area contributed by atoms with Crippen molar-refractivity contribution in [2.24, 2.45) is 0 Å². The van der Waals surface area contributed by atoms with Gasteiger partial charge in [-0.3, -0.25) is 0 Å². The quantitative estimate of drug-likeness (QED) is 0.425. The van der Waals surface area contributed by atoms with Crippen molar-refractivity contribution in [1.29, 1.82) is 0 Å². The Morgan fingerprint density at radius 2 is 1.70 bits per heavy atom. The molecule has 0 aliphatic rings. The zero-order valence-electron chi connectivity index (χ0n) is 12.7. The van der Waals surface area contributed by atoms with Crippen LogP contribution in [0.4, 0.5) is 10.5 Å². The maximum absolute atomic E-state index is 10.2. The Morgan fingerprint density at radius 3 is 2.30 bits per heavy atom. The minimum absolute atomic E-state index is 0.273. The Morgan fingerprint density at radius 1 is 1.09 bits per heavy atom. The molecule has 1 aromatic heterocycles. The second kappa shape index (κ2) is 13.0. The number of aromatic nitrogens is 2. The number of amides is 1. The number of hydrogen-bond donors (Lipinski definition) is 3. The SMILES string of the molecule is O=C(O)NCCOCCOCCOCCNc1cnnc(Br)c1. The minimum Gasteiger partial charge on any atom is -0.465 e. The highest BCUT2D eigenvalue weighted by Crippen LogP contribution is 2.10. The first-order valence-electron chi connectivity index (χ1n) is 7.10. The van der Waals surface area contributed by atoms with Crippen molar-refractivity contribution in [3.05, 3.63) is 16.9 Å². The van der Waals surface area contributed by atoms with Gasteiger partial charge in [-0.15, -0.1) is 5.10 Å². The average molecular weight is 393 g/mol. The van der Waals surface area contributed by atoms with Crippen molar-refractivity contribution in [3.8, 4) is 0 Å². The van der Waals surface area contributed by atoms with Gasteiger partial charge in [0, 0.05) is 13.1 Å². The molecular formula is C13H21BrN4O5. The zero-order valence-corrected chi connectivity index (χ0v) is 14.3. The second-order valence-corrected chi connectivity index (χ2v) is 5.08. The molecule has 0 aromatic carbocycles. The van der Waals surface area contributed by atoms with E-state index in [9.17, 15) is 4.79 Å². The highest BCUT2D eigenvalue weighted by Gasteiger charge is 1.96. The Labute approximate surface area is 142 Å². The van der Waals surface area contributed by atoms with Crippen LogP contribution in [-0.2, 0) is 14.2 Å². The van der Waals surface area contributed by atoms with E-state index in [2.05, 4.69) is 36.8 Å². The van der Waals surface area contributed by atoms with E-state index in [1.165, 1.54) is 0 Å². The molecule has 3 N–H and O–H groups in total. The molecule has 0 aliphatic carbocycles. The number of nitrogens with one attached hydrogen (secondary N) is 2. The first-order valence-corrected chi connectivity index (χ1v) is 7.90. The number of hydrogen-bond acceptors (Lipinski definition) is 7. The molecule has 0 saturated heterocycles. The lowest BCUT2D eigenvalue weighted by molar-refractivity contribution is 0.0171. The number of carbonyl (C=O) groups is 1. The van der Waals surface area contributed by atoms with Crippen LogP contribution in [0.25, 0.3) is 0 Å². The maximum atomic E-state index is 10.2. The number of anilines is 1. The van der Waals surface area contributed by atoms with Gasteiger partial charge in [0.15, 0.2) is 0 Å². The second-order valence-electron chi connectivity index (χ2n) is 4.26. The Kier molecular flexibility index (Phi) is 11.0. The third-order valence-electron chi connectivity index (χ3n) is 2.47. The van der Waals surface area contributed by atoms with Crippen LogP contribution in [0.1, 0.15) is 0 Å². The first-order chi connectivity index (χ1) is 11.2. The van der Waals surface area contributed by atoms with Crippen molar-refractivity contribution in [3.63, 3.8) is 0 Å². The number of carboxylic acid groups (broad SMARTS) is 1. The Balaban J connectivity index is 1.80. The molecule has 23 heavy (non-hydrogen) atoms. The molecule has 0 saturated carbocycles. The lowest BCUT2D eigenvalue weighted by Gasteiger charge is -2.08. The summed E-state index contributed by atoms with van der Waals surface area (Å²) in [6, 6.07) is 1.84.